The van der Waals surface area contributed by atoms with E-state index in [4.69, 9.17) is 14.6 Å². The summed E-state index contributed by atoms with van der Waals surface area (Å²) in [4.78, 5) is 0. The zero-order valence-corrected chi connectivity index (χ0v) is 11.3. The average Bonchev–Trinajstić information content (AvgIpc) is 2.23. The Morgan fingerprint density at radius 2 is 2.00 bits per heavy atom. The molecule has 0 saturated carbocycles. The van der Waals surface area contributed by atoms with Crippen LogP contribution in [0.1, 0.15) is 32.6 Å². The van der Waals surface area contributed by atoms with E-state index in [9.17, 15) is 8.42 Å². The molecule has 6 heteroatoms. The number of rotatable bonds is 7. The summed E-state index contributed by atoms with van der Waals surface area (Å²) in [6.07, 6.45) is 3.48. The van der Waals surface area contributed by atoms with Crippen molar-refractivity contribution in [3.63, 3.8) is 0 Å². The van der Waals surface area contributed by atoms with Crippen LogP contribution < -0.4 is 5.14 Å². The normalized spacial score (nSPS) is 20.4. The molecule has 1 aliphatic heterocycles. The maximum absolute atomic E-state index is 11.3. The van der Waals surface area contributed by atoms with Gasteiger partial charge in [-0.2, -0.15) is 0 Å². The molecule has 0 spiro atoms. The van der Waals surface area contributed by atoms with E-state index >= 15 is 0 Å². The van der Waals surface area contributed by atoms with Crippen LogP contribution in [0.5, 0.6) is 0 Å². The van der Waals surface area contributed by atoms with Crippen molar-refractivity contribution in [1.82, 2.24) is 0 Å². The van der Waals surface area contributed by atoms with Crippen molar-refractivity contribution in [3.8, 4) is 0 Å². The summed E-state index contributed by atoms with van der Waals surface area (Å²) in [5.41, 5.74) is -0.348. The number of nitrogens with two attached hydrogens (primary N) is 1. The zero-order chi connectivity index (χ0) is 12.8. The molecule has 0 unspecified atom stereocenters. The van der Waals surface area contributed by atoms with Crippen molar-refractivity contribution in [2.75, 3.05) is 32.2 Å². The van der Waals surface area contributed by atoms with Gasteiger partial charge in [-0.05, 0) is 19.3 Å². The Kier molecular flexibility index (Phi) is 5.85. The molecule has 2 N–H and O–H groups in total. The quantitative estimate of drug-likeness (QED) is 0.693. The van der Waals surface area contributed by atoms with Gasteiger partial charge in [0, 0.05) is 25.2 Å². The highest BCUT2D eigenvalue weighted by Gasteiger charge is 2.36. The van der Waals surface area contributed by atoms with Gasteiger partial charge in [0.15, 0.2) is 0 Å². The summed E-state index contributed by atoms with van der Waals surface area (Å²) in [6.45, 7) is 4.42. The van der Waals surface area contributed by atoms with Crippen molar-refractivity contribution in [2.45, 2.75) is 32.6 Å². The van der Waals surface area contributed by atoms with Crippen LogP contribution in [0.4, 0.5) is 0 Å². The third-order valence-electron chi connectivity index (χ3n) is 3.11. The van der Waals surface area contributed by atoms with Gasteiger partial charge in [-0.15, -0.1) is 0 Å². The first-order valence-electron chi connectivity index (χ1n) is 6.13. The van der Waals surface area contributed by atoms with E-state index in [1.165, 1.54) is 0 Å². The number of ether oxygens (including phenoxy) is 2. The summed E-state index contributed by atoms with van der Waals surface area (Å²) in [5, 5.41) is 5.16. The molecule has 1 aliphatic rings. The first-order valence-corrected chi connectivity index (χ1v) is 7.85. The monoisotopic (exact) mass is 265 g/mol. The Morgan fingerprint density at radius 3 is 2.53 bits per heavy atom. The lowest BCUT2D eigenvalue weighted by Gasteiger charge is -2.36. The Bertz CT molecular complexity index is 309. The maximum atomic E-state index is 11.3. The Morgan fingerprint density at radius 1 is 1.35 bits per heavy atom. The molecule has 0 aromatic carbocycles. The third kappa shape index (κ3) is 5.81. The highest BCUT2D eigenvalue weighted by molar-refractivity contribution is 7.89. The number of unbranched alkanes of at least 4 members (excludes halogenated alkanes) is 1. The SMILES string of the molecule is CCCCOCC1(CS(N)(=O)=O)CCOCC1. The molecule has 1 rings (SSSR count). The van der Waals surface area contributed by atoms with E-state index in [2.05, 4.69) is 6.92 Å². The molecule has 0 radical (unpaired) electrons. The van der Waals surface area contributed by atoms with Crippen LogP contribution in [0, 0.1) is 5.41 Å². The summed E-state index contributed by atoms with van der Waals surface area (Å²) < 4.78 is 33.4. The fourth-order valence-corrected chi connectivity index (χ4v) is 3.32. The third-order valence-corrected chi connectivity index (χ3v) is 4.13. The van der Waals surface area contributed by atoms with Gasteiger partial charge in [-0.3, -0.25) is 0 Å². The van der Waals surface area contributed by atoms with Gasteiger partial charge >= 0.3 is 0 Å². The fraction of sp³-hybridized carbons (Fsp3) is 1.00. The number of hydrogen-bond donors (Lipinski definition) is 1. The summed E-state index contributed by atoms with van der Waals surface area (Å²) in [5.74, 6) is -0.00448. The molecule has 1 saturated heterocycles. The molecule has 0 aliphatic carbocycles. The lowest BCUT2D eigenvalue weighted by atomic mass is 9.83. The van der Waals surface area contributed by atoms with E-state index in [1.54, 1.807) is 0 Å². The lowest BCUT2D eigenvalue weighted by Crippen LogP contribution is -2.42. The molecule has 17 heavy (non-hydrogen) atoms. The van der Waals surface area contributed by atoms with E-state index in [0.717, 1.165) is 12.8 Å². The second-order valence-electron chi connectivity index (χ2n) is 4.83. The molecule has 102 valence electrons. The highest BCUT2D eigenvalue weighted by Crippen LogP contribution is 2.32. The second kappa shape index (κ2) is 6.68. The molecular weight excluding hydrogens is 242 g/mol. The first-order chi connectivity index (χ1) is 7.97. The van der Waals surface area contributed by atoms with Gasteiger partial charge in [0.25, 0.3) is 0 Å². The summed E-state index contributed by atoms with van der Waals surface area (Å²) in [7, 11) is -3.46. The molecule has 0 amide bonds. The Labute approximate surface area is 104 Å². The molecule has 1 heterocycles. The molecule has 1 fully saturated rings. The van der Waals surface area contributed by atoms with Gasteiger partial charge in [-0.1, -0.05) is 13.3 Å². The van der Waals surface area contributed by atoms with Crippen LogP contribution in [0.15, 0.2) is 0 Å². The number of hydrogen-bond acceptors (Lipinski definition) is 4. The van der Waals surface area contributed by atoms with Crippen LogP contribution in [0.2, 0.25) is 0 Å². The van der Waals surface area contributed by atoms with Crippen molar-refractivity contribution in [3.05, 3.63) is 0 Å². The molecule has 0 atom stereocenters. The predicted octanol–water partition coefficient (Wildman–Crippen LogP) is 0.888. The summed E-state index contributed by atoms with van der Waals surface area (Å²) in [6, 6.07) is 0. The molecule has 0 aromatic rings. The van der Waals surface area contributed by atoms with Crippen LogP contribution in [0.3, 0.4) is 0 Å². The Balaban J connectivity index is 2.52. The van der Waals surface area contributed by atoms with Crippen LogP contribution >= 0.6 is 0 Å². The second-order valence-corrected chi connectivity index (χ2v) is 6.44. The lowest BCUT2D eigenvalue weighted by molar-refractivity contribution is -0.0284. The minimum atomic E-state index is -3.46. The minimum Gasteiger partial charge on any atom is -0.381 e. The molecule has 5 nitrogen and oxygen atoms in total. The fourth-order valence-electron chi connectivity index (χ4n) is 2.10. The topological polar surface area (TPSA) is 78.6 Å². The minimum absolute atomic E-state index is 0.00448. The molecule has 0 bridgehead atoms. The van der Waals surface area contributed by atoms with Crippen molar-refractivity contribution in [1.29, 1.82) is 0 Å². The van der Waals surface area contributed by atoms with E-state index in [-0.39, 0.29) is 11.2 Å². The van der Waals surface area contributed by atoms with Crippen molar-refractivity contribution < 1.29 is 17.9 Å². The molecular formula is C11H23NO4S. The van der Waals surface area contributed by atoms with Crippen LogP contribution in [0.25, 0.3) is 0 Å². The van der Waals surface area contributed by atoms with Crippen LogP contribution in [-0.4, -0.2) is 40.6 Å². The molecule has 0 aromatic heterocycles. The number of primary sulfonamides is 1. The highest BCUT2D eigenvalue weighted by atomic mass is 32.2. The largest absolute Gasteiger partial charge is 0.381 e. The van der Waals surface area contributed by atoms with E-state index in [0.29, 0.717) is 39.3 Å². The van der Waals surface area contributed by atoms with Gasteiger partial charge in [0.1, 0.15) is 0 Å². The predicted molar refractivity (Wildman–Crippen MR) is 66.2 cm³/mol. The van der Waals surface area contributed by atoms with Gasteiger partial charge < -0.3 is 9.47 Å². The van der Waals surface area contributed by atoms with E-state index in [1.807, 2.05) is 0 Å². The first kappa shape index (κ1) is 14.9. The van der Waals surface area contributed by atoms with E-state index < -0.39 is 10.0 Å². The standard InChI is InChI=1S/C11H23NO4S/c1-2-3-6-16-9-11(10-17(12,13)14)4-7-15-8-5-11/h2-10H2,1H3,(H2,12,13,14). The van der Waals surface area contributed by atoms with Crippen molar-refractivity contribution in [2.24, 2.45) is 10.6 Å². The Hall–Kier alpha value is -0.170. The van der Waals surface area contributed by atoms with Crippen LogP contribution in [-0.2, 0) is 19.5 Å². The smallest absolute Gasteiger partial charge is 0.209 e. The number of sulfonamides is 1. The van der Waals surface area contributed by atoms with Gasteiger partial charge in [-0.25, -0.2) is 13.6 Å². The summed E-state index contributed by atoms with van der Waals surface area (Å²) >= 11 is 0. The van der Waals surface area contributed by atoms with Gasteiger partial charge in [0.2, 0.25) is 10.0 Å². The van der Waals surface area contributed by atoms with Crippen molar-refractivity contribution >= 4 is 10.0 Å². The average molecular weight is 265 g/mol. The van der Waals surface area contributed by atoms with Gasteiger partial charge in [0.05, 0.1) is 12.4 Å². The maximum Gasteiger partial charge on any atom is 0.209 e. The zero-order valence-electron chi connectivity index (χ0n) is 10.5.